The average Bonchev–Trinajstić information content (AvgIpc) is 2.68. The van der Waals surface area contributed by atoms with Crippen LogP contribution in [-0.2, 0) is 9.53 Å². The molecule has 0 fully saturated rings. The Morgan fingerprint density at radius 1 is 1.00 bits per heavy atom. The molecule has 0 saturated heterocycles. The van der Waals surface area contributed by atoms with E-state index in [1.54, 1.807) is 55.5 Å². The van der Waals surface area contributed by atoms with Crippen molar-refractivity contribution in [2.45, 2.75) is 13.3 Å². The Morgan fingerprint density at radius 3 is 2.37 bits per heavy atom. The lowest BCUT2D eigenvalue weighted by atomic mass is 10.2. The van der Waals surface area contributed by atoms with Crippen molar-refractivity contribution in [1.29, 1.82) is 0 Å². The van der Waals surface area contributed by atoms with Gasteiger partial charge in [0.2, 0.25) is 5.91 Å². The zero-order chi connectivity index (χ0) is 19.6. The minimum atomic E-state index is -0.408. The number of carbonyl (C=O) groups is 3. The van der Waals surface area contributed by atoms with E-state index in [2.05, 4.69) is 10.6 Å². The minimum Gasteiger partial charge on any atom is -0.496 e. The van der Waals surface area contributed by atoms with Gasteiger partial charge in [0.1, 0.15) is 5.75 Å². The molecule has 2 rings (SSSR count). The topological polar surface area (TPSA) is 93.7 Å². The maximum Gasteiger partial charge on any atom is 0.338 e. The van der Waals surface area contributed by atoms with E-state index in [0.29, 0.717) is 29.2 Å². The molecule has 7 heteroatoms. The molecule has 0 spiro atoms. The smallest absolute Gasteiger partial charge is 0.338 e. The Bertz CT molecular complexity index is 802. The van der Waals surface area contributed by atoms with Crippen LogP contribution in [0.2, 0.25) is 0 Å². The Kier molecular flexibility index (Phi) is 7.37. The summed E-state index contributed by atoms with van der Waals surface area (Å²) in [4.78, 5) is 35.7. The van der Waals surface area contributed by atoms with Crippen LogP contribution in [0.4, 0.5) is 5.69 Å². The van der Waals surface area contributed by atoms with Crippen molar-refractivity contribution in [2.75, 3.05) is 25.6 Å². The Balaban J connectivity index is 1.81. The molecule has 0 saturated carbocycles. The summed E-state index contributed by atoms with van der Waals surface area (Å²) in [6, 6.07) is 13.3. The van der Waals surface area contributed by atoms with E-state index < -0.39 is 5.97 Å². The summed E-state index contributed by atoms with van der Waals surface area (Å²) in [5.74, 6) is -0.492. The third-order valence-corrected chi connectivity index (χ3v) is 3.67. The molecule has 142 valence electrons. The fourth-order valence-electron chi connectivity index (χ4n) is 2.34. The number of nitrogens with one attached hydrogen (secondary N) is 2. The van der Waals surface area contributed by atoms with Crippen LogP contribution in [0.25, 0.3) is 0 Å². The first-order valence-corrected chi connectivity index (χ1v) is 8.53. The SMILES string of the molecule is CCOC(=O)c1ccc(NC(=O)CCNC(=O)c2ccccc2OC)cc1. The summed E-state index contributed by atoms with van der Waals surface area (Å²) >= 11 is 0. The quantitative estimate of drug-likeness (QED) is 0.697. The molecule has 2 N–H and O–H groups in total. The number of amides is 2. The van der Waals surface area contributed by atoms with Crippen LogP contribution in [0, 0.1) is 0 Å². The molecule has 0 aliphatic carbocycles. The molecule has 0 heterocycles. The van der Waals surface area contributed by atoms with Crippen LogP contribution < -0.4 is 15.4 Å². The predicted molar refractivity (Wildman–Crippen MR) is 101 cm³/mol. The van der Waals surface area contributed by atoms with Gasteiger partial charge < -0.3 is 20.1 Å². The molecule has 27 heavy (non-hydrogen) atoms. The van der Waals surface area contributed by atoms with Crippen LogP contribution in [0.3, 0.4) is 0 Å². The van der Waals surface area contributed by atoms with Gasteiger partial charge >= 0.3 is 5.97 Å². The molecule has 7 nitrogen and oxygen atoms in total. The van der Waals surface area contributed by atoms with Gasteiger partial charge in [0, 0.05) is 18.7 Å². The van der Waals surface area contributed by atoms with Crippen LogP contribution in [0.5, 0.6) is 5.75 Å². The molecule has 0 bridgehead atoms. The van der Waals surface area contributed by atoms with E-state index in [9.17, 15) is 14.4 Å². The molecule has 2 amide bonds. The number of benzene rings is 2. The van der Waals surface area contributed by atoms with E-state index in [0.717, 1.165) is 0 Å². The zero-order valence-electron chi connectivity index (χ0n) is 15.3. The van der Waals surface area contributed by atoms with E-state index in [-0.39, 0.29) is 24.8 Å². The van der Waals surface area contributed by atoms with Crippen LogP contribution >= 0.6 is 0 Å². The van der Waals surface area contributed by atoms with Crippen molar-refractivity contribution in [3.8, 4) is 5.75 Å². The number of para-hydroxylation sites is 1. The molecule has 0 atom stereocenters. The minimum absolute atomic E-state index is 0.112. The average molecular weight is 370 g/mol. The van der Waals surface area contributed by atoms with Gasteiger partial charge in [-0.15, -0.1) is 0 Å². The second-order valence-corrected chi connectivity index (χ2v) is 5.55. The lowest BCUT2D eigenvalue weighted by molar-refractivity contribution is -0.116. The second kappa shape index (κ2) is 9.96. The molecule has 0 radical (unpaired) electrons. The predicted octanol–water partition coefficient (Wildman–Crippen LogP) is 2.63. The molecule has 0 aromatic heterocycles. The third-order valence-electron chi connectivity index (χ3n) is 3.67. The molecule has 2 aromatic rings. The lowest BCUT2D eigenvalue weighted by Crippen LogP contribution is -2.28. The number of esters is 1. The summed E-state index contributed by atoms with van der Waals surface area (Å²) in [6.45, 7) is 2.22. The monoisotopic (exact) mass is 370 g/mol. The largest absolute Gasteiger partial charge is 0.496 e. The highest BCUT2D eigenvalue weighted by Crippen LogP contribution is 2.16. The van der Waals surface area contributed by atoms with Gasteiger partial charge in [-0.05, 0) is 43.3 Å². The fourth-order valence-corrected chi connectivity index (χ4v) is 2.34. The highest BCUT2D eigenvalue weighted by Gasteiger charge is 2.12. The summed E-state index contributed by atoms with van der Waals surface area (Å²) in [5.41, 5.74) is 1.39. The van der Waals surface area contributed by atoms with E-state index in [4.69, 9.17) is 9.47 Å². The first-order chi connectivity index (χ1) is 13.0. The van der Waals surface area contributed by atoms with Gasteiger partial charge in [0.15, 0.2) is 0 Å². The second-order valence-electron chi connectivity index (χ2n) is 5.55. The summed E-state index contributed by atoms with van der Waals surface area (Å²) in [6.07, 6.45) is 0.112. The highest BCUT2D eigenvalue weighted by atomic mass is 16.5. The van der Waals surface area contributed by atoms with Crippen molar-refractivity contribution < 1.29 is 23.9 Å². The Morgan fingerprint density at radius 2 is 1.70 bits per heavy atom. The van der Waals surface area contributed by atoms with Gasteiger partial charge in [0.25, 0.3) is 5.91 Å². The fraction of sp³-hybridized carbons (Fsp3) is 0.250. The van der Waals surface area contributed by atoms with Crippen LogP contribution in [-0.4, -0.2) is 38.0 Å². The van der Waals surface area contributed by atoms with Crippen LogP contribution in [0.15, 0.2) is 48.5 Å². The van der Waals surface area contributed by atoms with Gasteiger partial charge in [-0.3, -0.25) is 9.59 Å². The molecular weight excluding hydrogens is 348 g/mol. The maximum absolute atomic E-state index is 12.2. The van der Waals surface area contributed by atoms with E-state index >= 15 is 0 Å². The van der Waals surface area contributed by atoms with Crippen molar-refractivity contribution in [1.82, 2.24) is 5.32 Å². The first kappa shape index (κ1) is 20.0. The third kappa shape index (κ3) is 5.85. The number of carbonyl (C=O) groups excluding carboxylic acids is 3. The normalized spacial score (nSPS) is 10.0. The molecule has 2 aromatic carbocycles. The summed E-state index contributed by atoms with van der Waals surface area (Å²) in [5, 5.41) is 5.40. The first-order valence-electron chi connectivity index (χ1n) is 8.53. The Labute approximate surface area is 157 Å². The number of methoxy groups -OCH3 is 1. The van der Waals surface area contributed by atoms with Crippen molar-refractivity contribution in [3.63, 3.8) is 0 Å². The van der Waals surface area contributed by atoms with Gasteiger partial charge in [0.05, 0.1) is 24.8 Å². The van der Waals surface area contributed by atoms with Gasteiger partial charge in [-0.25, -0.2) is 4.79 Å². The standard InChI is InChI=1S/C20H22N2O5/c1-3-27-20(25)14-8-10-15(11-9-14)22-18(23)12-13-21-19(24)16-6-4-5-7-17(16)26-2/h4-11H,3,12-13H2,1-2H3,(H,21,24)(H,22,23). The molecular formula is C20H22N2O5. The van der Waals surface area contributed by atoms with Crippen molar-refractivity contribution >= 4 is 23.5 Å². The van der Waals surface area contributed by atoms with Gasteiger partial charge in [-0.1, -0.05) is 12.1 Å². The zero-order valence-corrected chi connectivity index (χ0v) is 15.3. The number of anilines is 1. The summed E-state index contributed by atoms with van der Waals surface area (Å²) < 4.78 is 10.0. The number of hydrogen-bond donors (Lipinski definition) is 2. The number of hydrogen-bond acceptors (Lipinski definition) is 5. The lowest BCUT2D eigenvalue weighted by Gasteiger charge is -2.09. The molecule has 0 aliphatic rings. The van der Waals surface area contributed by atoms with Gasteiger partial charge in [-0.2, -0.15) is 0 Å². The maximum atomic E-state index is 12.2. The highest BCUT2D eigenvalue weighted by molar-refractivity contribution is 5.97. The number of rotatable bonds is 8. The number of ether oxygens (including phenoxy) is 2. The van der Waals surface area contributed by atoms with E-state index in [1.165, 1.54) is 7.11 Å². The Hall–Kier alpha value is -3.35. The van der Waals surface area contributed by atoms with Crippen molar-refractivity contribution in [2.24, 2.45) is 0 Å². The molecule has 0 unspecified atom stereocenters. The summed E-state index contributed by atoms with van der Waals surface area (Å²) in [7, 11) is 1.49. The van der Waals surface area contributed by atoms with E-state index in [1.807, 2.05) is 0 Å². The van der Waals surface area contributed by atoms with Crippen molar-refractivity contribution in [3.05, 3.63) is 59.7 Å². The van der Waals surface area contributed by atoms with Crippen LogP contribution in [0.1, 0.15) is 34.1 Å². The molecule has 0 aliphatic heterocycles.